The number of sulfonamides is 1. The lowest BCUT2D eigenvalue weighted by Gasteiger charge is -2.34. The summed E-state index contributed by atoms with van der Waals surface area (Å²) in [5, 5.41) is 0. The second-order valence-electron chi connectivity index (χ2n) is 10.9. The molecule has 0 saturated carbocycles. The lowest BCUT2D eigenvalue weighted by Crippen LogP contribution is -2.41. The molecule has 1 saturated heterocycles. The normalized spacial score (nSPS) is 16.6. The SMILES string of the molecule is CC(C)COc1cc(F)cc(-c2ccc(C(=O)NS(=O)(=O)c3ccccc3)c(N3C[C@@H](C)CC3(C)C)n2)c1.S. The first-order valence-corrected chi connectivity index (χ1v) is 14.2. The molecule has 0 aliphatic carbocycles. The van der Waals surface area contributed by atoms with Gasteiger partial charge in [0.05, 0.1) is 22.8 Å². The molecule has 0 spiro atoms. The highest BCUT2D eigenvalue weighted by Crippen LogP contribution is 2.38. The predicted molar refractivity (Wildman–Crippen MR) is 157 cm³/mol. The first-order chi connectivity index (χ1) is 17.9. The first kappa shape index (κ1) is 30.4. The van der Waals surface area contributed by atoms with E-state index in [1.165, 1.54) is 24.3 Å². The molecule has 1 aromatic heterocycles. The fourth-order valence-electron chi connectivity index (χ4n) is 4.84. The number of carbonyl (C=O) groups excluding carboxylic acids is 1. The topological polar surface area (TPSA) is 88.6 Å². The maximum absolute atomic E-state index is 14.5. The molecule has 10 heteroatoms. The average Bonchev–Trinajstić information content (AvgIpc) is 3.13. The number of nitrogens with one attached hydrogen (secondary N) is 1. The standard InChI is InChI=1S/C29H34FN3O4S.H2S/c1-19(2)18-37-23-14-21(13-22(30)15-23)26-12-11-25(27(31-26)33-17-20(3)16-29(33,4)5)28(34)32-38(35,36)24-9-7-6-8-10-24;/h6-15,19-20H,16-18H2,1-5H3,(H,32,34);1H2/t20-;/m0./s1. The van der Waals surface area contributed by atoms with E-state index >= 15 is 0 Å². The Hall–Kier alpha value is -3.11. The van der Waals surface area contributed by atoms with Crippen molar-refractivity contribution in [1.82, 2.24) is 9.71 Å². The van der Waals surface area contributed by atoms with E-state index in [4.69, 9.17) is 9.72 Å². The minimum Gasteiger partial charge on any atom is -0.493 e. The van der Waals surface area contributed by atoms with Gasteiger partial charge < -0.3 is 9.64 Å². The quantitative estimate of drug-likeness (QED) is 0.368. The number of anilines is 1. The zero-order valence-electron chi connectivity index (χ0n) is 22.9. The van der Waals surface area contributed by atoms with Crippen LogP contribution in [0.1, 0.15) is 51.4 Å². The summed E-state index contributed by atoms with van der Waals surface area (Å²) in [6, 6.07) is 15.3. The van der Waals surface area contributed by atoms with Gasteiger partial charge in [-0.15, -0.1) is 0 Å². The number of hydrogen-bond acceptors (Lipinski definition) is 6. The molecule has 2 aromatic carbocycles. The van der Waals surface area contributed by atoms with Gasteiger partial charge in [0.1, 0.15) is 17.4 Å². The molecule has 1 aliphatic rings. The highest BCUT2D eigenvalue weighted by atomic mass is 32.2. The Morgan fingerprint density at radius 2 is 1.85 bits per heavy atom. The number of ether oxygens (including phenoxy) is 1. The van der Waals surface area contributed by atoms with Crippen LogP contribution in [-0.2, 0) is 10.0 Å². The van der Waals surface area contributed by atoms with Gasteiger partial charge in [-0.2, -0.15) is 13.5 Å². The number of carbonyl (C=O) groups is 1. The van der Waals surface area contributed by atoms with Crippen LogP contribution in [0, 0.1) is 17.7 Å². The molecular weight excluding hydrogens is 537 g/mol. The maximum atomic E-state index is 14.5. The molecule has 1 N–H and O–H groups in total. The van der Waals surface area contributed by atoms with Crippen LogP contribution in [0.3, 0.4) is 0 Å². The summed E-state index contributed by atoms with van der Waals surface area (Å²) in [6.45, 7) is 11.3. The fraction of sp³-hybridized carbons (Fsp3) is 0.379. The average molecular weight is 574 g/mol. The van der Waals surface area contributed by atoms with Gasteiger partial charge in [-0.3, -0.25) is 4.79 Å². The molecule has 210 valence electrons. The number of halogens is 1. The number of aromatic nitrogens is 1. The minimum atomic E-state index is -4.09. The second kappa shape index (κ2) is 12.0. The van der Waals surface area contributed by atoms with Crippen molar-refractivity contribution in [3.8, 4) is 17.0 Å². The van der Waals surface area contributed by atoms with Crippen LogP contribution < -0.4 is 14.4 Å². The smallest absolute Gasteiger partial charge is 0.268 e. The summed E-state index contributed by atoms with van der Waals surface area (Å²) in [6.07, 6.45) is 0.870. The Bertz CT molecular complexity index is 1430. The fourth-order valence-corrected chi connectivity index (χ4v) is 5.83. The molecule has 2 heterocycles. The van der Waals surface area contributed by atoms with Crippen LogP contribution in [0.15, 0.2) is 65.6 Å². The first-order valence-electron chi connectivity index (χ1n) is 12.7. The molecule has 0 bridgehead atoms. The van der Waals surface area contributed by atoms with Crippen LogP contribution in [-0.4, -0.2) is 38.0 Å². The molecule has 7 nitrogen and oxygen atoms in total. The summed E-state index contributed by atoms with van der Waals surface area (Å²) < 4.78 is 48.2. The molecule has 0 radical (unpaired) electrons. The van der Waals surface area contributed by atoms with Crippen molar-refractivity contribution < 1.29 is 22.3 Å². The molecular formula is C29H36FN3O4S2. The molecule has 1 fully saturated rings. The highest BCUT2D eigenvalue weighted by molar-refractivity contribution is 7.90. The Labute approximate surface area is 237 Å². The number of benzene rings is 2. The Morgan fingerprint density at radius 1 is 1.15 bits per heavy atom. The molecule has 1 aliphatic heterocycles. The zero-order valence-corrected chi connectivity index (χ0v) is 24.7. The molecule has 0 unspecified atom stereocenters. The third kappa shape index (κ3) is 7.10. The summed E-state index contributed by atoms with van der Waals surface area (Å²) in [4.78, 5) is 20.2. The molecule has 39 heavy (non-hydrogen) atoms. The van der Waals surface area contributed by atoms with Gasteiger partial charge in [-0.1, -0.05) is 39.0 Å². The summed E-state index contributed by atoms with van der Waals surface area (Å²) in [5.74, 6) is 0.115. The van der Waals surface area contributed by atoms with Gasteiger partial charge in [0, 0.05) is 23.7 Å². The number of amides is 1. The van der Waals surface area contributed by atoms with Crippen LogP contribution in [0.4, 0.5) is 10.2 Å². The number of nitrogens with zero attached hydrogens (tertiary/aromatic N) is 2. The van der Waals surface area contributed by atoms with Gasteiger partial charge in [-0.25, -0.2) is 22.5 Å². The van der Waals surface area contributed by atoms with Crippen molar-refractivity contribution in [2.75, 3.05) is 18.1 Å². The van der Waals surface area contributed by atoms with Crippen molar-refractivity contribution >= 4 is 35.2 Å². The van der Waals surface area contributed by atoms with Crippen molar-refractivity contribution in [2.24, 2.45) is 11.8 Å². The lowest BCUT2D eigenvalue weighted by molar-refractivity contribution is 0.0981. The third-order valence-electron chi connectivity index (χ3n) is 6.48. The number of rotatable bonds is 8. The minimum absolute atomic E-state index is 0. The zero-order chi connectivity index (χ0) is 27.7. The Kier molecular flexibility index (Phi) is 9.33. The highest BCUT2D eigenvalue weighted by Gasteiger charge is 2.39. The van der Waals surface area contributed by atoms with Gasteiger partial charge >= 0.3 is 0 Å². The van der Waals surface area contributed by atoms with Crippen LogP contribution in [0.25, 0.3) is 11.3 Å². The Balaban J connectivity index is 0.00000420. The van der Waals surface area contributed by atoms with E-state index in [0.29, 0.717) is 41.9 Å². The van der Waals surface area contributed by atoms with E-state index in [1.807, 2.05) is 18.7 Å². The number of hydrogen-bond donors (Lipinski definition) is 1. The summed E-state index contributed by atoms with van der Waals surface area (Å²) in [5.41, 5.74) is 0.750. The van der Waals surface area contributed by atoms with E-state index in [1.54, 1.807) is 36.4 Å². The van der Waals surface area contributed by atoms with E-state index in [9.17, 15) is 17.6 Å². The van der Waals surface area contributed by atoms with Gasteiger partial charge in [0.15, 0.2) is 0 Å². The van der Waals surface area contributed by atoms with E-state index in [2.05, 4.69) is 25.5 Å². The van der Waals surface area contributed by atoms with Crippen molar-refractivity contribution in [3.05, 3.63) is 72.0 Å². The van der Waals surface area contributed by atoms with Gasteiger partial charge in [-0.05, 0) is 68.5 Å². The van der Waals surface area contributed by atoms with Crippen molar-refractivity contribution in [2.45, 2.75) is 51.5 Å². The van der Waals surface area contributed by atoms with Gasteiger partial charge in [0.25, 0.3) is 15.9 Å². The van der Waals surface area contributed by atoms with Crippen LogP contribution >= 0.6 is 13.5 Å². The van der Waals surface area contributed by atoms with Crippen molar-refractivity contribution in [1.29, 1.82) is 0 Å². The van der Waals surface area contributed by atoms with Crippen LogP contribution in [0.5, 0.6) is 5.75 Å². The Morgan fingerprint density at radius 3 is 2.46 bits per heavy atom. The van der Waals surface area contributed by atoms with Crippen molar-refractivity contribution in [3.63, 3.8) is 0 Å². The molecule has 1 atom stereocenters. The summed E-state index contributed by atoms with van der Waals surface area (Å²) >= 11 is 0. The largest absolute Gasteiger partial charge is 0.493 e. The lowest BCUT2D eigenvalue weighted by atomic mass is 9.97. The third-order valence-corrected chi connectivity index (χ3v) is 7.83. The van der Waals surface area contributed by atoms with Gasteiger partial charge in [0.2, 0.25) is 0 Å². The monoisotopic (exact) mass is 573 g/mol. The summed E-state index contributed by atoms with van der Waals surface area (Å²) in [7, 11) is -4.09. The molecule has 1 amide bonds. The van der Waals surface area contributed by atoms with Crippen LogP contribution in [0.2, 0.25) is 0 Å². The second-order valence-corrected chi connectivity index (χ2v) is 12.6. The molecule has 3 aromatic rings. The number of pyridine rings is 1. The van der Waals surface area contributed by atoms with E-state index < -0.39 is 21.7 Å². The van der Waals surface area contributed by atoms with E-state index in [-0.39, 0.29) is 35.4 Å². The molecule has 4 rings (SSSR count). The maximum Gasteiger partial charge on any atom is 0.268 e. The van der Waals surface area contributed by atoms with E-state index in [0.717, 1.165) is 6.42 Å². The predicted octanol–water partition coefficient (Wildman–Crippen LogP) is 5.78.